The summed E-state index contributed by atoms with van der Waals surface area (Å²) in [5.41, 5.74) is 2.30. The summed E-state index contributed by atoms with van der Waals surface area (Å²) in [6, 6.07) is 11.7. The molecule has 5 heteroatoms. The Morgan fingerprint density at radius 1 is 1.25 bits per heavy atom. The van der Waals surface area contributed by atoms with Crippen molar-refractivity contribution in [2.45, 2.75) is 25.2 Å². The SMILES string of the molecule is COc1ccc(NC(=O)C2(c3cccc(C)c3)CCOCC2)cn1. The van der Waals surface area contributed by atoms with Crippen LogP contribution in [0.2, 0.25) is 0 Å². The van der Waals surface area contributed by atoms with Crippen LogP contribution in [-0.2, 0) is 14.9 Å². The normalized spacial score (nSPS) is 16.4. The smallest absolute Gasteiger partial charge is 0.235 e. The van der Waals surface area contributed by atoms with Gasteiger partial charge in [-0.15, -0.1) is 0 Å². The zero-order valence-electron chi connectivity index (χ0n) is 14.0. The van der Waals surface area contributed by atoms with Crippen LogP contribution >= 0.6 is 0 Å². The number of aromatic nitrogens is 1. The Morgan fingerprint density at radius 2 is 2.04 bits per heavy atom. The minimum atomic E-state index is -0.565. The maximum absolute atomic E-state index is 13.1. The van der Waals surface area contributed by atoms with Gasteiger partial charge in [-0.25, -0.2) is 4.98 Å². The summed E-state index contributed by atoms with van der Waals surface area (Å²) in [6.07, 6.45) is 2.96. The molecule has 1 amide bonds. The molecular weight excluding hydrogens is 304 g/mol. The van der Waals surface area contributed by atoms with Crippen LogP contribution in [0.1, 0.15) is 24.0 Å². The highest BCUT2D eigenvalue weighted by Gasteiger charge is 2.41. The molecule has 0 aliphatic carbocycles. The highest BCUT2D eigenvalue weighted by Crippen LogP contribution is 2.36. The number of methoxy groups -OCH3 is 1. The van der Waals surface area contributed by atoms with Gasteiger partial charge in [0.05, 0.1) is 24.4 Å². The molecule has 24 heavy (non-hydrogen) atoms. The Kier molecular flexibility index (Phi) is 4.81. The molecule has 2 heterocycles. The third kappa shape index (κ3) is 3.26. The van der Waals surface area contributed by atoms with Gasteiger partial charge in [-0.05, 0) is 31.4 Å². The summed E-state index contributed by atoms with van der Waals surface area (Å²) in [4.78, 5) is 17.3. The van der Waals surface area contributed by atoms with Crippen LogP contribution in [0.3, 0.4) is 0 Å². The number of hydrogen-bond donors (Lipinski definition) is 1. The number of nitrogens with one attached hydrogen (secondary N) is 1. The lowest BCUT2D eigenvalue weighted by Gasteiger charge is -2.36. The van der Waals surface area contributed by atoms with Gasteiger partial charge in [-0.2, -0.15) is 0 Å². The summed E-state index contributed by atoms with van der Waals surface area (Å²) in [6.45, 7) is 3.21. The number of pyridine rings is 1. The van der Waals surface area contributed by atoms with E-state index in [1.54, 1.807) is 25.4 Å². The summed E-state index contributed by atoms with van der Waals surface area (Å²) >= 11 is 0. The molecular formula is C19H22N2O3. The van der Waals surface area contributed by atoms with Crippen LogP contribution in [0, 0.1) is 6.92 Å². The van der Waals surface area contributed by atoms with E-state index in [2.05, 4.69) is 16.4 Å². The number of benzene rings is 1. The number of amides is 1. The summed E-state index contributed by atoms with van der Waals surface area (Å²) < 4.78 is 10.6. The predicted molar refractivity (Wildman–Crippen MR) is 92.3 cm³/mol. The molecule has 1 aliphatic heterocycles. The van der Waals surface area contributed by atoms with Crippen molar-refractivity contribution in [2.24, 2.45) is 0 Å². The van der Waals surface area contributed by atoms with E-state index in [1.807, 2.05) is 25.1 Å². The number of rotatable bonds is 4. The van der Waals surface area contributed by atoms with Gasteiger partial charge in [0.15, 0.2) is 0 Å². The quantitative estimate of drug-likeness (QED) is 0.938. The fourth-order valence-electron chi connectivity index (χ4n) is 3.14. The molecule has 0 saturated carbocycles. The van der Waals surface area contributed by atoms with E-state index in [0.717, 1.165) is 11.1 Å². The average Bonchev–Trinajstić information content (AvgIpc) is 2.63. The Hall–Kier alpha value is -2.40. The van der Waals surface area contributed by atoms with Gasteiger partial charge >= 0.3 is 0 Å². The van der Waals surface area contributed by atoms with Crippen LogP contribution in [0.5, 0.6) is 5.88 Å². The van der Waals surface area contributed by atoms with Gasteiger partial charge in [0.25, 0.3) is 0 Å². The minimum Gasteiger partial charge on any atom is -0.481 e. The number of carbonyl (C=O) groups excluding carboxylic acids is 1. The van der Waals surface area contributed by atoms with Crippen LogP contribution in [-0.4, -0.2) is 31.2 Å². The van der Waals surface area contributed by atoms with Gasteiger partial charge in [-0.1, -0.05) is 29.8 Å². The fourth-order valence-corrected chi connectivity index (χ4v) is 3.14. The monoisotopic (exact) mass is 326 g/mol. The summed E-state index contributed by atoms with van der Waals surface area (Å²) in [5.74, 6) is 0.510. The lowest BCUT2D eigenvalue weighted by molar-refractivity contribution is -0.125. The van der Waals surface area contributed by atoms with Crippen LogP contribution < -0.4 is 10.1 Å². The highest BCUT2D eigenvalue weighted by atomic mass is 16.5. The van der Waals surface area contributed by atoms with E-state index in [9.17, 15) is 4.79 Å². The largest absolute Gasteiger partial charge is 0.481 e. The first-order valence-corrected chi connectivity index (χ1v) is 8.10. The molecule has 1 saturated heterocycles. The molecule has 2 aromatic rings. The topological polar surface area (TPSA) is 60.5 Å². The highest BCUT2D eigenvalue weighted by molar-refractivity contribution is 5.99. The first kappa shape index (κ1) is 16.5. The molecule has 0 radical (unpaired) electrons. The second-order valence-electron chi connectivity index (χ2n) is 6.11. The van der Waals surface area contributed by atoms with Gasteiger partial charge in [0.2, 0.25) is 11.8 Å². The predicted octanol–water partition coefficient (Wildman–Crippen LogP) is 3.09. The molecule has 1 aromatic carbocycles. The Balaban J connectivity index is 1.88. The van der Waals surface area contributed by atoms with E-state index in [4.69, 9.17) is 9.47 Å². The van der Waals surface area contributed by atoms with E-state index >= 15 is 0 Å². The van der Waals surface area contributed by atoms with Crippen molar-refractivity contribution in [3.63, 3.8) is 0 Å². The second kappa shape index (κ2) is 7.01. The van der Waals surface area contributed by atoms with Crippen molar-refractivity contribution in [3.8, 4) is 5.88 Å². The van der Waals surface area contributed by atoms with E-state index in [1.165, 1.54) is 0 Å². The number of ether oxygens (including phenoxy) is 2. The van der Waals surface area contributed by atoms with Crippen LogP contribution in [0.15, 0.2) is 42.6 Å². The molecule has 126 valence electrons. The molecule has 0 bridgehead atoms. The maximum Gasteiger partial charge on any atom is 0.235 e. The molecule has 1 fully saturated rings. The minimum absolute atomic E-state index is 0.0108. The molecule has 1 aliphatic rings. The van der Waals surface area contributed by atoms with Crippen LogP contribution in [0.25, 0.3) is 0 Å². The Labute approximate surface area is 142 Å². The maximum atomic E-state index is 13.1. The van der Waals surface area contributed by atoms with Crippen molar-refractivity contribution >= 4 is 11.6 Å². The Morgan fingerprint density at radius 3 is 2.67 bits per heavy atom. The third-order valence-corrected chi connectivity index (χ3v) is 4.56. The number of aryl methyl sites for hydroxylation is 1. The second-order valence-corrected chi connectivity index (χ2v) is 6.11. The van der Waals surface area contributed by atoms with Crippen molar-refractivity contribution in [1.29, 1.82) is 0 Å². The number of anilines is 1. The van der Waals surface area contributed by atoms with Crippen molar-refractivity contribution < 1.29 is 14.3 Å². The molecule has 0 unspecified atom stereocenters. The van der Waals surface area contributed by atoms with Crippen molar-refractivity contribution in [1.82, 2.24) is 4.98 Å². The van der Waals surface area contributed by atoms with Crippen molar-refractivity contribution in [3.05, 3.63) is 53.7 Å². The summed E-state index contributed by atoms with van der Waals surface area (Å²) in [7, 11) is 1.56. The number of hydrogen-bond acceptors (Lipinski definition) is 4. The zero-order chi connectivity index (χ0) is 17.0. The average molecular weight is 326 g/mol. The van der Waals surface area contributed by atoms with Gasteiger partial charge < -0.3 is 14.8 Å². The first-order chi connectivity index (χ1) is 11.6. The summed E-state index contributed by atoms with van der Waals surface area (Å²) in [5, 5.41) is 3.01. The zero-order valence-corrected chi connectivity index (χ0v) is 14.0. The Bertz CT molecular complexity index is 707. The molecule has 3 rings (SSSR count). The molecule has 0 spiro atoms. The van der Waals surface area contributed by atoms with Gasteiger partial charge in [0, 0.05) is 19.3 Å². The van der Waals surface area contributed by atoms with E-state index in [0.29, 0.717) is 37.6 Å². The number of nitrogens with zero attached hydrogens (tertiary/aromatic N) is 1. The van der Waals surface area contributed by atoms with E-state index < -0.39 is 5.41 Å². The number of carbonyl (C=O) groups is 1. The molecule has 1 N–H and O–H groups in total. The molecule has 5 nitrogen and oxygen atoms in total. The lowest BCUT2D eigenvalue weighted by Crippen LogP contribution is -2.44. The van der Waals surface area contributed by atoms with Crippen LogP contribution in [0.4, 0.5) is 5.69 Å². The lowest BCUT2D eigenvalue weighted by atomic mass is 9.73. The first-order valence-electron chi connectivity index (χ1n) is 8.10. The third-order valence-electron chi connectivity index (χ3n) is 4.56. The van der Waals surface area contributed by atoms with E-state index in [-0.39, 0.29) is 5.91 Å². The molecule has 0 atom stereocenters. The fraction of sp³-hybridized carbons (Fsp3) is 0.368. The standard InChI is InChI=1S/C19H22N2O3/c1-14-4-3-5-15(12-14)19(8-10-24-11-9-19)18(22)21-16-6-7-17(23-2)20-13-16/h3-7,12-13H,8-11H2,1-2H3,(H,21,22). The molecule has 1 aromatic heterocycles. The van der Waals surface area contributed by atoms with Gasteiger partial charge in [-0.3, -0.25) is 4.79 Å². The van der Waals surface area contributed by atoms with Gasteiger partial charge in [0.1, 0.15) is 0 Å². The van der Waals surface area contributed by atoms with Crippen molar-refractivity contribution in [2.75, 3.05) is 25.6 Å².